The van der Waals surface area contributed by atoms with E-state index in [-0.39, 0.29) is 19.6 Å². The van der Waals surface area contributed by atoms with Crippen molar-refractivity contribution in [1.82, 2.24) is 5.32 Å². The molecule has 3 rings (SSSR count). The van der Waals surface area contributed by atoms with Gasteiger partial charge in [0.15, 0.2) is 0 Å². The van der Waals surface area contributed by atoms with Crippen LogP contribution >= 0.6 is 0 Å². The third kappa shape index (κ3) is 4.63. The summed E-state index contributed by atoms with van der Waals surface area (Å²) in [6.07, 6.45) is -0.882. The molecule has 0 saturated heterocycles. The third-order valence-electron chi connectivity index (χ3n) is 5.00. The minimum Gasteiger partial charge on any atom is -0.481 e. The number of amides is 1. The Kier molecular flexibility index (Phi) is 6.29. The average molecular weight is 397 g/mol. The molecule has 1 aliphatic rings. The van der Waals surface area contributed by atoms with Gasteiger partial charge in [0.05, 0.1) is 12.5 Å². The second kappa shape index (κ2) is 8.87. The third-order valence-corrected chi connectivity index (χ3v) is 5.00. The van der Waals surface area contributed by atoms with Crippen molar-refractivity contribution in [3.05, 3.63) is 71.8 Å². The maximum absolute atomic E-state index is 12.6. The van der Waals surface area contributed by atoms with Gasteiger partial charge in [0, 0.05) is 6.92 Å². The van der Waals surface area contributed by atoms with Gasteiger partial charge in [0.25, 0.3) is 0 Å². The van der Waals surface area contributed by atoms with Crippen LogP contribution in [0, 0.1) is 5.92 Å². The lowest BCUT2D eigenvalue weighted by Crippen LogP contribution is -2.68. The van der Waals surface area contributed by atoms with E-state index in [1.54, 1.807) is 24.3 Å². The highest BCUT2D eigenvalue weighted by molar-refractivity contribution is 5.81. The largest absolute Gasteiger partial charge is 0.481 e. The van der Waals surface area contributed by atoms with Crippen molar-refractivity contribution in [2.75, 3.05) is 6.61 Å². The van der Waals surface area contributed by atoms with Crippen molar-refractivity contribution >= 4 is 17.8 Å². The molecule has 7 heteroatoms. The first-order chi connectivity index (χ1) is 13.9. The summed E-state index contributed by atoms with van der Waals surface area (Å²) in [4.78, 5) is 35.8. The maximum atomic E-state index is 12.6. The lowest BCUT2D eigenvalue weighted by molar-refractivity contribution is -0.185. The Morgan fingerprint density at radius 1 is 1.07 bits per heavy atom. The second-order valence-electron chi connectivity index (χ2n) is 7.04. The van der Waals surface area contributed by atoms with Gasteiger partial charge in [-0.2, -0.15) is 0 Å². The minimum absolute atomic E-state index is 0.120. The van der Waals surface area contributed by atoms with Gasteiger partial charge in [-0.15, -0.1) is 0 Å². The molecule has 0 aromatic heterocycles. The normalized spacial score (nSPS) is 22.9. The molecule has 0 radical (unpaired) electrons. The molecule has 0 heterocycles. The molecule has 2 N–H and O–H groups in total. The van der Waals surface area contributed by atoms with Crippen LogP contribution < -0.4 is 5.32 Å². The smallest absolute Gasteiger partial charge is 0.310 e. The Balaban J connectivity index is 1.75. The Morgan fingerprint density at radius 2 is 1.69 bits per heavy atom. The lowest BCUT2D eigenvalue weighted by atomic mass is 9.61. The molecular formula is C22H23NO6. The highest BCUT2D eigenvalue weighted by atomic mass is 16.5. The summed E-state index contributed by atoms with van der Waals surface area (Å²) in [7, 11) is 0. The molecule has 1 amide bonds. The molecule has 2 aromatic rings. The SMILES string of the molecule is CC(=O)OC1C(C(=O)O)CC1(NC(=O)COCc1ccccc1)c1ccccc1. The number of nitrogens with one attached hydrogen (secondary N) is 1. The lowest BCUT2D eigenvalue weighted by Gasteiger charge is -2.52. The van der Waals surface area contributed by atoms with E-state index >= 15 is 0 Å². The zero-order valence-electron chi connectivity index (χ0n) is 16.0. The molecular weight excluding hydrogens is 374 g/mol. The molecule has 1 fully saturated rings. The van der Waals surface area contributed by atoms with Crippen molar-refractivity contribution in [3.8, 4) is 0 Å². The first kappa shape index (κ1) is 20.5. The van der Waals surface area contributed by atoms with Crippen LogP contribution in [0.15, 0.2) is 60.7 Å². The Labute approximate surface area is 168 Å². The van der Waals surface area contributed by atoms with Crippen molar-refractivity contribution in [2.45, 2.75) is 31.6 Å². The van der Waals surface area contributed by atoms with Crippen molar-refractivity contribution in [1.29, 1.82) is 0 Å². The van der Waals surface area contributed by atoms with Crippen LogP contribution in [0.1, 0.15) is 24.5 Å². The number of hydrogen-bond donors (Lipinski definition) is 2. The fourth-order valence-corrected chi connectivity index (χ4v) is 3.66. The van der Waals surface area contributed by atoms with Gasteiger partial charge in [0.2, 0.25) is 5.91 Å². The number of carbonyl (C=O) groups excluding carboxylic acids is 2. The molecule has 1 saturated carbocycles. The van der Waals surface area contributed by atoms with Crippen molar-refractivity contribution in [2.24, 2.45) is 5.92 Å². The summed E-state index contributed by atoms with van der Waals surface area (Å²) in [6, 6.07) is 18.4. The second-order valence-corrected chi connectivity index (χ2v) is 7.04. The summed E-state index contributed by atoms with van der Waals surface area (Å²) >= 11 is 0. The number of carboxylic acid groups (broad SMARTS) is 1. The first-order valence-electron chi connectivity index (χ1n) is 9.30. The van der Waals surface area contributed by atoms with Crippen LogP contribution in [0.2, 0.25) is 0 Å². The standard InChI is InChI=1S/C22H23NO6/c1-15(24)29-20-18(21(26)27)12-22(20,17-10-6-3-7-11-17)23-19(25)14-28-13-16-8-4-2-5-9-16/h2-11,18,20H,12-14H2,1H3,(H,23,25)(H,26,27). The Hall–Kier alpha value is -3.19. The molecule has 29 heavy (non-hydrogen) atoms. The van der Waals surface area contributed by atoms with E-state index in [4.69, 9.17) is 9.47 Å². The predicted molar refractivity (Wildman–Crippen MR) is 104 cm³/mol. The fraction of sp³-hybridized carbons (Fsp3) is 0.318. The number of benzene rings is 2. The number of carbonyl (C=O) groups is 3. The predicted octanol–water partition coefficient (Wildman–Crippen LogP) is 2.25. The van der Waals surface area contributed by atoms with Crippen LogP contribution in [-0.2, 0) is 36.0 Å². The molecule has 0 spiro atoms. The van der Waals surface area contributed by atoms with Crippen LogP contribution in [0.5, 0.6) is 0 Å². The monoisotopic (exact) mass is 397 g/mol. The summed E-state index contributed by atoms with van der Waals surface area (Å²) in [5.41, 5.74) is 0.508. The summed E-state index contributed by atoms with van der Waals surface area (Å²) in [5.74, 6) is -2.98. The highest BCUT2D eigenvalue weighted by Crippen LogP contribution is 2.48. The number of rotatable bonds is 8. The van der Waals surface area contributed by atoms with E-state index in [0.717, 1.165) is 5.56 Å². The zero-order valence-corrected chi connectivity index (χ0v) is 16.0. The van der Waals surface area contributed by atoms with Gasteiger partial charge in [-0.1, -0.05) is 60.7 Å². The summed E-state index contributed by atoms with van der Waals surface area (Å²) < 4.78 is 10.8. The highest BCUT2D eigenvalue weighted by Gasteiger charge is 2.61. The fourth-order valence-electron chi connectivity index (χ4n) is 3.66. The zero-order chi connectivity index (χ0) is 20.9. The van der Waals surface area contributed by atoms with E-state index in [1.807, 2.05) is 36.4 Å². The molecule has 152 valence electrons. The topological polar surface area (TPSA) is 102 Å². The van der Waals surface area contributed by atoms with E-state index in [2.05, 4.69) is 5.32 Å². The van der Waals surface area contributed by atoms with Gasteiger partial charge in [-0.3, -0.25) is 14.4 Å². The van der Waals surface area contributed by atoms with E-state index < -0.39 is 35.4 Å². The van der Waals surface area contributed by atoms with Gasteiger partial charge < -0.3 is 19.9 Å². The number of ether oxygens (including phenoxy) is 2. The molecule has 3 atom stereocenters. The number of aliphatic carboxylic acids is 1. The number of esters is 1. The number of hydrogen-bond acceptors (Lipinski definition) is 5. The molecule has 0 aliphatic heterocycles. The van der Waals surface area contributed by atoms with Gasteiger partial charge in [0.1, 0.15) is 18.2 Å². The van der Waals surface area contributed by atoms with Gasteiger partial charge in [-0.05, 0) is 17.5 Å². The molecule has 1 aliphatic carbocycles. The Morgan fingerprint density at radius 3 is 2.28 bits per heavy atom. The molecule has 0 bridgehead atoms. The quantitative estimate of drug-likeness (QED) is 0.663. The summed E-state index contributed by atoms with van der Waals surface area (Å²) in [5, 5.41) is 12.3. The van der Waals surface area contributed by atoms with E-state index in [1.165, 1.54) is 6.92 Å². The minimum atomic E-state index is -1.11. The van der Waals surface area contributed by atoms with Crippen LogP contribution in [0.4, 0.5) is 0 Å². The maximum Gasteiger partial charge on any atom is 0.310 e. The molecule has 2 aromatic carbocycles. The molecule has 3 unspecified atom stereocenters. The average Bonchev–Trinajstić information content (AvgIpc) is 2.70. The first-order valence-corrected chi connectivity index (χ1v) is 9.30. The van der Waals surface area contributed by atoms with Crippen LogP contribution in [0.25, 0.3) is 0 Å². The van der Waals surface area contributed by atoms with E-state index in [0.29, 0.717) is 5.56 Å². The Bertz CT molecular complexity index is 869. The van der Waals surface area contributed by atoms with E-state index in [9.17, 15) is 19.5 Å². The van der Waals surface area contributed by atoms with Crippen molar-refractivity contribution < 1.29 is 29.0 Å². The van der Waals surface area contributed by atoms with Crippen LogP contribution in [-0.4, -0.2) is 35.7 Å². The van der Waals surface area contributed by atoms with Gasteiger partial charge in [-0.25, -0.2) is 0 Å². The number of carboxylic acids is 1. The van der Waals surface area contributed by atoms with Gasteiger partial charge >= 0.3 is 11.9 Å². The van der Waals surface area contributed by atoms with Crippen molar-refractivity contribution in [3.63, 3.8) is 0 Å². The van der Waals surface area contributed by atoms with Crippen LogP contribution in [0.3, 0.4) is 0 Å². The molecule has 7 nitrogen and oxygen atoms in total. The summed E-state index contributed by atoms with van der Waals surface area (Å²) in [6.45, 7) is 1.30.